The average molecular weight is 174 g/mol. The largest absolute Gasteiger partial charge is 0.508 e. The van der Waals surface area contributed by atoms with Gasteiger partial charge in [0.25, 0.3) is 0 Å². The van der Waals surface area contributed by atoms with Gasteiger partial charge >= 0.3 is 0 Å². The molecule has 0 heterocycles. The van der Waals surface area contributed by atoms with Crippen LogP contribution in [0.4, 0.5) is 0 Å². The van der Waals surface area contributed by atoms with E-state index in [1.165, 1.54) is 6.07 Å². The number of phenols is 2. The second kappa shape index (κ2) is 2.79. The Bertz CT molecular complexity index is 334. The van der Waals surface area contributed by atoms with Crippen LogP contribution in [0.25, 0.3) is 0 Å². The maximum absolute atomic E-state index is 10.3. The first kappa shape index (κ1) is 7.87. The van der Waals surface area contributed by atoms with Crippen LogP contribution in [-0.4, -0.2) is 18.6 Å². The van der Waals surface area contributed by atoms with Gasteiger partial charge in [0.2, 0.25) is 0 Å². The number of phenolic OH excluding ortho intramolecular Hbond substituents is 2. The summed E-state index contributed by atoms with van der Waals surface area (Å²) in [4.78, 5) is -0.264. The highest BCUT2D eigenvalue weighted by atomic mass is 32.2. The molecule has 0 aliphatic heterocycles. The third kappa shape index (κ3) is 1.62. The topological polar surface area (TPSA) is 74.6 Å². The van der Waals surface area contributed by atoms with Crippen molar-refractivity contribution in [2.75, 3.05) is 0 Å². The molecule has 60 valence electrons. The molecule has 0 radical (unpaired) electrons. The van der Waals surface area contributed by atoms with Crippen LogP contribution < -0.4 is 0 Å². The number of hydrogen-bond donors (Lipinski definition) is 3. The Morgan fingerprint density at radius 2 is 1.82 bits per heavy atom. The zero-order chi connectivity index (χ0) is 8.43. The van der Waals surface area contributed by atoms with Crippen LogP contribution in [0, 0.1) is 0 Å². The Labute approximate surface area is 64.7 Å². The van der Waals surface area contributed by atoms with Crippen LogP contribution in [-0.2, 0) is 10.7 Å². The van der Waals surface area contributed by atoms with Crippen molar-refractivity contribution in [3.8, 4) is 11.5 Å². The minimum absolute atomic E-state index is 0.183. The normalized spacial score (nSPS) is 10.3. The fourth-order valence-electron chi connectivity index (χ4n) is 0.658. The van der Waals surface area contributed by atoms with Gasteiger partial charge < -0.3 is 10.2 Å². The molecule has 0 aliphatic rings. The molecule has 0 spiro atoms. The molecular weight excluding hydrogens is 168 g/mol. The standard InChI is InChI=1S/C6H6O4S/c7-4-1-2-5(8)6(3-4)11(9)10/h1-3,7-8,11H. The van der Waals surface area contributed by atoms with Crippen molar-refractivity contribution in [2.45, 2.75) is 4.90 Å². The summed E-state index contributed by atoms with van der Waals surface area (Å²) < 4.78 is 20.7. The van der Waals surface area contributed by atoms with Gasteiger partial charge in [-0.15, -0.1) is 0 Å². The molecule has 0 unspecified atom stereocenters. The third-order valence-corrected chi connectivity index (χ3v) is 1.91. The molecule has 0 saturated heterocycles. The van der Waals surface area contributed by atoms with E-state index < -0.39 is 10.7 Å². The highest BCUT2D eigenvalue weighted by molar-refractivity contribution is 7.72. The Balaban J connectivity index is 3.35. The second-order valence-electron chi connectivity index (χ2n) is 1.93. The predicted octanol–water partition coefficient (Wildman–Crippen LogP) is 0.0681. The van der Waals surface area contributed by atoms with E-state index in [0.29, 0.717) is 0 Å². The first-order chi connectivity index (χ1) is 5.11. The number of thiol groups is 1. The summed E-state index contributed by atoms with van der Waals surface area (Å²) in [6.07, 6.45) is 0. The van der Waals surface area contributed by atoms with E-state index in [2.05, 4.69) is 0 Å². The van der Waals surface area contributed by atoms with Gasteiger partial charge in [0, 0.05) is 6.07 Å². The lowest BCUT2D eigenvalue weighted by Gasteiger charge is -1.95. The fourth-order valence-corrected chi connectivity index (χ4v) is 1.16. The fraction of sp³-hybridized carbons (Fsp3) is 0. The zero-order valence-electron chi connectivity index (χ0n) is 5.39. The van der Waals surface area contributed by atoms with Gasteiger partial charge in [0.05, 0.1) is 0 Å². The first-order valence-electron chi connectivity index (χ1n) is 2.77. The number of aromatic hydroxyl groups is 2. The van der Waals surface area contributed by atoms with Gasteiger partial charge in [0.1, 0.15) is 16.4 Å². The van der Waals surface area contributed by atoms with Gasteiger partial charge in [-0.25, -0.2) is 8.42 Å². The number of benzene rings is 1. The molecule has 0 atom stereocenters. The van der Waals surface area contributed by atoms with E-state index in [1.807, 2.05) is 0 Å². The summed E-state index contributed by atoms with van der Waals surface area (Å²) in [5, 5.41) is 17.7. The molecule has 4 nitrogen and oxygen atoms in total. The molecule has 2 N–H and O–H groups in total. The zero-order valence-corrected chi connectivity index (χ0v) is 6.28. The van der Waals surface area contributed by atoms with Crippen LogP contribution >= 0.6 is 0 Å². The molecule has 0 saturated carbocycles. The van der Waals surface area contributed by atoms with Crippen molar-refractivity contribution in [3.63, 3.8) is 0 Å². The highest BCUT2D eigenvalue weighted by Crippen LogP contribution is 2.22. The van der Waals surface area contributed by atoms with Crippen molar-refractivity contribution in [1.82, 2.24) is 0 Å². The molecule has 0 bridgehead atoms. The molecule has 1 rings (SSSR count). The molecule has 0 aromatic heterocycles. The third-order valence-electron chi connectivity index (χ3n) is 1.16. The smallest absolute Gasteiger partial charge is 0.172 e. The van der Waals surface area contributed by atoms with Crippen LogP contribution in [0.5, 0.6) is 11.5 Å². The van der Waals surface area contributed by atoms with E-state index in [-0.39, 0.29) is 16.4 Å². The van der Waals surface area contributed by atoms with Crippen molar-refractivity contribution in [2.24, 2.45) is 0 Å². The summed E-state index contributed by atoms with van der Waals surface area (Å²) >= 11 is 0. The predicted molar refractivity (Wildman–Crippen MR) is 38.4 cm³/mol. The van der Waals surface area contributed by atoms with Gasteiger partial charge in [-0.05, 0) is 12.1 Å². The molecule has 0 aliphatic carbocycles. The first-order valence-corrected chi connectivity index (χ1v) is 3.95. The van der Waals surface area contributed by atoms with E-state index >= 15 is 0 Å². The Kier molecular flexibility index (Phi) is 2.00. The van der Waals surface area contributed by atoms with Crippen molar-refractivity contribution in [3.05, 3.63) is 18.2 Å². The molecule has 1 aromatic carbocycles. The summed E-state index contributed by atoms with van der Waals surface area (Å²) in [6, 6.07) is 3.31. The quantitative estimate of drug-likeness (QED) is 0.416. The summed E-state index contributed by atoms with van der Waals surface area (Å²) in [6.45, 7) is 0. The maximum atomic E-state index is 10.3. The molecular formula is C6H6O4S. The van der Waals surface area contributed by atoms with E-state index in [1.54, 1.807) is 0 Å². The summed E-state index contributed by atoms with van der Waals surface area (Å²) in [7, 11) is -2.84. The molecule has 5 heteroatoms. The van der Waals surface area contributed by atoms with E-state index in [0.717, 1.165) is 12.1 Å². The van der Waals surface area contributed by atoms with Gasteiger partial charge in [-0.2, -0.15) is 0 Å². The van der Waals surface area contributed by atoms with Crippen molar-refractivity contribution >= 4 is 10.7 Å². The number of rotatable bonds is 1. The Morgan fingerprint density at radius 3 is 2.27 bits per heavy atom. The Hall–Kier alpha value is -1.23. The van der Waals surface area contributed by atoms with E-state index in [4.69, 9.17) is 10.2 Å². The molecule has 1 aromatic rings. The average Bonchev–Trinajstić information content (AvgIpc) is 1.94. The van der Waals surface area contributed by atoms with Crippen molar-refractivity contribution in [1.29, 1.82) is 0 Å². The second-order valence-corrected chi connectivity index (χ2v) is 2.93. The number of hydrogen-bond acceptors (Lipinski definition) is 4. The monoisotopic (exact) mass is 174 g/mol. The van der Waals surface area contributed by atoms with Crippen molar-refractivity contribution < 1.29 is 18.6 Å². The molecule has 0 fully saturated rings. The summed E-state index contributed by atoms with van der Waals surface area (Å²) in [5.74, 6) is -0.532. The van der Waals surface area contributed by atoms with Gasteiger partial charge in [-0.1, -0.05) is 0 Å². The van der Waals surface area contributed by atoms with Gasteiger partial charge in [0.15, 0.2) is 10.7 Å². The van der Waals surface area contributed by atoms with Crippen LogP contribution in [0.3, 0.4) is 0 Å². The summed E-state index contributed by atoms with van der Waals surface area (Å²) in [5.41, 5.74) is 0. The minimum atomic E-state index is -2.84. The van der Waals surface area contributed by atoms with Crippen LogP contribution in [0.15, 0.2) is 23.1 Å². The minimum Gasteiger partial charge on any atom is -0.508 e. The lowest BCUT2D eigenvalue weighted by atomic mass is 10.3. The molecule has 11 heavy (non-hydrogen) atoms. The van der Waals surface area contributed by atoms with Gasteiger partial charge in [-0.3, -0.25) is 0 Å². The Morgan fingerprint density at radius 1 is 1.18 bits per heavy atom. The highest BCUT2D eigenvalue weighted by Gasteiger charge is 2.03. The van der Waals surface area contributed by atoms with Crippen LogP contribution in [0.2, 0.25) is 0 Å². The van der Waals surface area contributed by atoms with E-state index in [9.17, 15) is 8.42 Å². The maximum Gasteiger partial charge on any atom is 0.172 e. The van der Waals surface area contributed by atoms with Crippen LogP contribution in [0.1, 0.15) is 0 Å². The lowest BCUT2D eigenvalue weighted by Crippen LogP contribution is -1.80. The SMILES string of the molecule is O=[SH](=O)c1cc(O)ccc1O. The lowest BCUT2D eigenvalue weighted by molar-refractivity contribution is 0.446. The molecule has 0 amide bonds.